The molecular formula is C15H20N4O. The molecule has 0 aliphatic carbocycles. The molecule has 5 heteroatoms. The van der Waals surface area contributed by atoms with Gasteiger partial charge < -0.3 is 10.6 Å². The van der Waals surface area contributed by atoms with Gasteiger partial charge in [-0.3, -0.25) is 4.79 Å². The second-order valence-corrected chi connectivity index (χ2v) is 4.62. The van der Waals surface area contributed by atoms with E-state index in [1.54, 1.807) is 6.33 Å². The number of nitrogens with zero attached hydrogens (tertiary/aromatic N) is 2. The lowest BCUT2D eigenvalue weighted by Gasteiger charge is -2.08. The Hall–Kier alpha value is -2.17. The zero-order chi connectivity index (χ0) is 14.2. The molecule has 2 N–H and O–H groups in total. The number of hydrogen-bond donors (Lipinski definition) is 2. The first kappa shape index (κ1) is 14.2. The van der Waals surface area contributed by atoms with Crippen LogP contribution in [0.5, 0.6) is 0 Å². The lowest BCUT2D eigenvalue weighted by Crippen LogP contribution is -2.24. The summed E-state index contributed by atoms with van der Waals surface area (Å²) in [6.07, 6.45) is 3.85. The number of benzene rings is 1. The summed E-state index contributed by atoms with van der Waals surface area (Å²) in [4.78, 5) is 19.9. The molecule has 2 aromatic rings. The van der Waals surface area contributed by atoms with Crippen LogP contribution in [0.15, 0.2) is 30.6 Å². The van der Waals surface area contributed by atoms with Crippen LogP contribution in [0.4, 0.5) is 5.82 Å². The molecule has 0 saturated heterocycles. The Balaban J connectivity index is 1.83. The summed E-state index contributed by atoms with van der Waals surface area (Å²) in [5.41, 5.74) is 0.922. The first-order valence-corrected chi connectivity index (χ1v) is 7.01. The molecular weight excluding hydrogens is 252 g/mol. The predicted octanol–water partition coefficient (Wildman–Crippen LogP) is 2.35. The van der Waals surface area contributed by atoms with Gasteiger partial charge in [0, 0.05) is 24.9 Å². The molecule has 1 aromatic heterocycles. The number of para-hydroxylation sites is 1. The third-order valence-corrected chi connectivity index (χ3v) is 2.99. The maximum atomic E-state index is 11.5. The van der Waals surface area contributed by atoms with Crippen molar-refractivity contribution in [3.05, 3.63) is 30.6 Å². The standard InChI is InChI=1S/C15H20N4O/c1-2-9-16-14(20)8-5-10-17-15-12-6-3-4-7-13(12)18-11-19-15/h3-4,6-7,11H,2,5,8-10H2,1H3,(H,16,20)(H,17,18,19). The number of aromatic nitrogens is 2. The van der Waals surface area contributed by atoms with E-state index in [2.05, 4.69) is 20.6 Å². The van der Waals surface area contributed by atoms with Crippen molar-refractivity contribution in [1.29, 1.82) is 0 Å². The van der Waals surface area contributed by atoms with E-state index in [0.29, 0.717) is 6.42 Å². The van der Waals surface area contributed by atoms with Crippen LogP contribution < -0.4 is 10.6 Å². The third-order valence-electron chi connectivity index (χ3n) is 2.99. The van der Waals surface area contributed by atoms with Crippen LogP contribution >= 0.6 is 0 Å². The molecule has 106 valence electrons. The SMILES string of the molecule is CCCNC(=O)CCCNc1ncnc2ccccc12. The Kier molecular flexibility index (Phi) is 5.29. The van der Waals surface area contributed by atoms with Gasteiger partial charge in [0.25, 0.3) is 0 Å². The van der Waals surface area contributed by atoms with Gasteiger partial charge >= 0.3 is 0 Å². The molecule has 2 rings (SSSR count). The normalized spacial score (nSPS) is 10.4. The van der Waals surface area contributed by atoms with E-state index in [0.717, 1.165) is 42.7 Å². The van der Waals surface area contributed by atoms with Crippen LogP contribution in [0.2, 0.25) is 0 Å². The quantitative estimate of drug-likeness (QED) is 0.759. The van der Waals surface area contributed by atoms with Crippen molar-refractivity contribution < 1.29 is 4.79 Å². The van der Waals surface area contributed by atoms with Gasteiger partial charge in [-0.25, -0.2) is 9.97 Å². The first-order chi connectivity index (χ1) is 9.81. The molecule has 0 radical (unpaired) electrons. The van der Waals surface area contributed by atoms with E-state index in [9.17, 15) is 4.79 Å². The van der Waals surface area contributed by atoms with Crippen LogP contribution in [0.25, 0.3) is 10.9 Å². The van der Waals surface area contributed by atoms with Gasteiger partial charge in [-0.2, -0.15) is 0 Å². The number of rotatable bonds is 7. The minimum atomic E-state index is 0.112. The van der Waals surface area contributed by atoms with E-state index < -0.39 is 0 Å². The Morgan fingerprint density at radius 3 is 2.90 bits per heavy atom. The summed E-state index contributed by atoms with van der Waals surface area (Å²) in [6, 6.07) is 7.87. The van der Waals surface area contributed by atoms with Gasteiger partial charge in [0.05, 0.1) is 5.52 Å². The summed E-state index contributed by atoms with van der Waals surface area (Å²) in [5, 5.41) is 7.14. The van der Waals surface area contributed by atoms with Crippen LogP contribution in [-0.2, 0) is 4.79 Å². The molecule has 0 saturated carbocycles. The van der Waals surface area contributed by atoms with Crippen LogP contribution in [0.1, 0.15) is 26.2 Å². The average Bonchev–Trinajstić information content (AvgIpc) is 2.49. The third kappa shape index (κ3) is 3.91. The van der Waals surface area contributed by atoms with Crippen molar-refractivity contribution in [2.24, 2.45) is 0 Å². The zero-order valence-electron chi connectivity index (χ0n) is 11.7. The van der Waals surface area contributed by atoms with Gasteiger partial charge in [-0.15, -0.1) is 0 Å². The highest BCUT2D eigenvalue weighted by atomic mass is 16.1. The summed E-state index contributed by atoms with van der Waals surface area (Å²) < 4.78 is 0. The number of fused-ring (bicyclic) bond motifs is 1. The van der Waals surface area contributed by atoms with E-state index in [4.69, 9.17) is 0 Å². The zero-order valence-corrected chi connectivity index (χ0v) is 11.7. The van der Waals surface area contributed by atoms with Crippen molar-refractivity contribution in [3.63, 3.8) is 0 Å². The van der Waals surface area contributed by atoms with Gasteiger partial charge in [-0.1, -0.05) is 19.1 Å². The van der Waals surface area contributed by atoms with E-state index in [-0.39, 0.29) is 5.91 Å². The number of carbonyl (C=O) groups is 1. The second-order valence-electron chi connectivity index (χ2n) is 4.62. The fraction of sp³-hybridized carbons (Fsp3) is 0.400. The lowest BCUT2D eigenvalue weighted by atomic mass is 10.2. The number of hydrogen-bond acceptors (Lipinski definition) is 4. The molecule has 0 unspecified atom stereocenters. The highest BCUT2D eigenvalue weighted by molar-refractivity contribution is 5.88. The fourth-order valence-electron chi connectivity index (χ4n) is 1.95. The summed E-state index contributed by atoms with van der Waals surface area (Å²) >= 11 is 0. The monoisotopic (exact) mass is 272 g/mol. The number of amides is 1. The molecule has 0 atom stereocenters. The van der Waals surface area contributed by atoms with E-state index in [1.807, 2.05) is 31.2 Å². The minimum absolute atomic E-state index is 0.112. The van der Waals surface area contributed by atoms with Gasteiger partial charge in [0.15, 0.2) is 0 Å². The summed E-state index contributed by atoms with van der Waals surface area (Å²) in [5.74, 6) is 0.936. The Bertz CT molecular complexity index is 565. The van der Waals surface area contributed by atoms with Crippen LogP contribution in [0.3, 0.4) is 0 Å². The highest BCUT2D eigenvalue weighted by Gasteiger charge is 2.03. The maximum Gasteiger partial charge on any atom is 0.220 e. The molecule has 0 aliphatic heterocycles. The van der Waals surface area contributed by atoms with Crippen molar-refractivity contribution in [2.45, 2.75) is 26.2 Å². The van der Waals surface area contributed by atoms with Crippen LogP contribution in [0, 0.1) is 0 Å². The van der Waals surface area contributed by atoms with Crippen LogP contribution in [-0.4, -0.2) is 29.0 Å². The molecule has 5 nitrogen and oxygen atoms in total. The largest absolute Gasteiger partial charge is 0.369 e. The smallest absolute Gasteiger partial charge is 0.220 e. The van der Waals surface area contributed by atoms with E-state index in [1.165, 1.54) is 0 Å². The van der Waals surface area contributed by atoms with Gasteiger partial charge in [-0.05, 0) is 25.0 Å². The van der Waals surface area contributed by atoms with Crippen molar-refractivity contribution in [1.82, 2.24) is 15.3 Å². The lowest BCUT2D eigenvalue weighted by molar-refractivity contribution is -0.121. The van der Waals surface area contributed by atoms with Crippen molar-refractivity contribution in [3.8, 4) is 0 Å². The molecule has 0 fully saturated rings. The Labute approximate surface area is 118 Å². The Morgan fingerprint density at radius 1 is 1.20 bits per heavy atom. The molecule has 1 aromatic carbocycles. The minimum Gasteiger partial charge on any atom is -0.369 e. The first-order valence-electron chi connectivity index (χ1n) is 7.01. The Morgan fingerprint density at radius 2 is 2.05 bits per heavy atom. The molecule has 0 spiro atoms. The summed E-state index contributed by atoms with van der Waals surface area (Å²) in [6.45, 7) is 3.52. The fourth-order valence-corrected chi connectivity index (χ4v) is 1.95. The molecule has 0 aliphatic rings. The number of anilines is 1. The van der Waals surface area contributed by atoms with Crippen molar-refractivity contribution >= 4 is 22.6 Å². The molecule has 0 bridgehead atoms. The topological polar surface area (TPSA) is 66.9 Å². The molecule has 1 heterocycles. The highest BCUT2D eigenvalue weighted by Crippen LogP contribution is 2.18. The molecule has 1 amide bonds. The summed E-state index contributed by atoms with van der Waals surface area (Å²) in [7, 11) is 0. The molecule has 20 heavy (non-hydrogen) atoms. The maximum absolute atomic E-state index is 11.5. The van der Waals surface area contributed by atoms with Gasteiger partial charge in [0.2, 0.25) is 5.91 Å². The second kappa shape index (κ2) is 7.43. The van der Waals surface area contributed by atoms with Gasteiger partial charge in [0.1, 0.15) is 12.1 Å². The predicted molar refractivity (Wildman–Crippen MR) is 80.6 cm³/mol. The number of nitrogens with one attached hydrogen (secondary N) is 2. The average molecular weight is 272 g/mol. The van der Waals surface area contributed by atoms with E-state index >= 15 is 0 Å². The number of carbonyl (C=O) groups excluding carboxylic acids is 1. The van der Waals surface area contributed by atoms with Crippen molar-refractivity contribution in [2.75, 3.05) is 18.4 Å².